The third-order valence-corrected chi connectivity index (χ3v) is 3.72. The highest BCUT2D eigenvalue weighted by atomic mass is 35.5. The highest BCUT2D eigenvalue weighted by Gasteiger charge is 2.32. The first-order valence-electron chi connectivity index (χ1n) is 6.08. The lowest BCUT2D eigenvalue weighted by Gasteiger charge is -2.17. The van der Waals surface area contributed by atoms with Gasteiger partial charge in [-0.05, 0) is 43.5 Å². The van der Waals surface area contributed by atoms with Crippen molar-refractivity contribution < 1.29 is 9.18 Å². The fourth-order valence-electron chi connectivity index (χ4n) is 2.48. The Labute approximate surface area is 111 Å². The summed E-state index contributed by atoms with van der Waals surface area (Å²) in [6.07, 6.45) is 2.78. The first kappa shape index (κ1) is 13.3. The molecule has 1 aromatic rings. The Kier molecular flexibility index (Phi) is 4.19. The molecule has 1 saturated carbocycles. The van der Waals surface area contributed by atoms with Crippen LogP contribution in [-0.4, -0.2) is 12.5 Å². The lowest BCUT2D eigenvalue weighted by atomic mass is 9.95. The van der Waals surface area contributed by atoms with Crippen LogP contribution in [0.3, 0.4) is 0 Å². The number of anilines is 1. The van der Waals surface area contributed by atoms with Crippen LogP contribution in [0.15, 0.2) is 18.2 Å². The number of carbonyl (C=O) groups excluding carboxylic acids is 1. The van der Waals surface area contributed by atoms with Crippen molar-refractivity contribution in [3.8, 4) is 0 Å². The molecule has 98 valence electrons. The van der Waals surface area contributed by atoms with Crippen molar-refractivity contribution in [2.24, 2.45) is 17.6 Å². The second-order valence-electron chi connectivity index (χ2n) is 4.65. The monoisotopic (exact) mass is 270 g/mol. The Hall–Kier alpha value is -1.13. The van der Waals surface area contributed by atoms with E-state index in [4.69, 9.17) is 17.3 Å². The zero-order valence-electron chi connectivity index (χ0n) is 9.96. The van der Waals surface area contributed by atoms with Crippen molar-refractivity contribution in [1.82, 2.24) is 0 Å². The number of benzene rings is 1. The van der Waals surface area contributed by atoms with Crippen LogP contribution in [0.2, 0.25) is 5.02 Å². The van der Waals surface area contributed by atoms with Crippen LogP contribution in [0.1, 0.15) is 19.3 Å². The molecule has 1 aliphatic carbocycles. The fraction of sp³-hybridized carbons (Fsp3) is 0.462. The Bertz CT molecular complexity index is 453. The summed E-state index contributed by atoms with van der Waals surface area (Å²) in [6, 6.07) is 4.11. The van der Waals surface area contributed by atoms with Gasteiger partial charge in [0.1, 0.15) is 5.82 Å². The normalized spacial score (nSPS) is 23.1. The van der Waals surface area contributed by atoms with Gasteiger partial charge in [-0.15, -0.1) is 0 Å². The maximum absolute atomic E-state index is 13.5. The van der Waals surface area contributed by atoms with E-state index in [0.717, 1.165) is 19.3 Å². The summed E-state index contributed by atoms with van der Waals surface area (Å²) in [7, 11) is 0. The van der Waals surface area contributed by atoms with Crippen molar-refractivity contribution in [3.05, 3.63) is 29.0 Å². The minimum absolute atomic E-state index is 0.117. The zero-order chi connectivity index (χ0) is 13.1. The Morgan fingerprint density at radius 2 is 2.28 bits per heavy atom. The van der Waals surface area contributed by atoms with Crippen LogP contribution < -0.4 is 11.1 Å². The smallest absolute Gasteiger partial charge is 0.227 e. The molecule has 0 spiro atoms. The van der Waals surface area contributed by atoms with Crippen molar-refractivity contribution in [2.45, 2.75) is 19.3 Å². The zero-order valence-corrected chi connectivity index (χ0v) is 10.7. The lowest BCUT2D eigenvalue weighted by Crippen LogP contribution is -2.30. The third-order valence-electron chi connectivity index (χ3n) is 3.48. The average Bonchev–Trinajstić information content (AvgIpc) is 2.82. The molecular formula is C13H16ClFN2O. The van der Waals surface area contributed by atoms with Gasteiger partial charge in [0.15, 0.2) is 0 Å². The van der Waals surface area contributed by atoms with E-state index in [9.17, 15) is 9.18 Å². The molecule has 5 heteroatoms. The molecule has 2 unspecified atom stereocenters. The van der Waals surface area contributed by atoms with Gasteiger partial charge in [-0.25, -0.2) is 4.39 Å². The maximum Gasteiger partial charge on any atom is 0.227 e. The van der Waals surface area contributed by atoms with Gasteiger partial charge in [-0.1, -0.05) is 18.0 Å². The number of nitrogens with one attached hydrogen (secondary N) is 1. The van der Waals surface area contributed by atoms with Gasteiger partial charge in [0.05, 0.1) is 5.69 Å². The highest BCUT2D eigenvalue weighted by Crippen LogP contribution is 2.32. The lowest BCUT2D eigenvalue weighted by molar-refractivity contribution is -0.120. The van der Waals surface area contributed by atoms with Crippen LogP contribution >= 0.6 is 11.6 Å². The molecule has 0 bridgehead atoms. The molecule has 0 aromatic heterocycles. The van der Waals surface area contributed by atoms with Gasteiger partial charge in [-0.3, -0.25) is 4.79 Å². The molecule has 1 aliphatic rings. The molecule has 2 rings (SSSR count). The average molecular weight is 271 g/mol. The van der Waals surface area contributed by atoms with Gasteiger partial charge in [0, 0.05) is 10.9 Å². The van der Waals surface area contributed by atoms with Crippen molar-refractivity contribution in [1.29, 1.82) is 0 Å². The van der Waals surface area contributed by atoms with E-state index >= 15 is 0 Å². The van der Waals surface area contributed by atoms with E-state index < -0.39 is 5.82 Å². The van der Waals surface area contributed by atoms with E-state index in [1.165, 1.54) is 18.2 Å². The molecule has 1 aromatic carbocycles. The highest BCUT2D eigenvalue weighted by molar-refractivity contribution is 6.30. The van der Waals surface area contributed by atoms with Gasteiger partial charge >= 0.3 is 0 Å². The molecular weight excluding hydrogens is 255 g/mol. The number of nitrogens with two attached hydrogens (primary N) is 1. The molecule has 1 fully saturated rings. The summed E-state index contributed by atoms with van der Waals surface area (Å²) < 4.78 is 13.5. The number of rotatable bonds is 3. The molecule has 0 radical (unpaired) electrons. The molecule has 0 aliphatic heterocycles. The minimum atomic E-state index is -0.477. The SMILES string of the molecule is NCC1CCCC1C(=O)Nc1cc(Cl)ccc1F. The van der Waals surface area contributed by atoms with Gasteiger partial charge < -0.3 is 11.1 Å². The largest absolute Gasteiger partial charge is 0.330 e. The first-order chi connectivity index (χ1) is 8.61. The number of hydrogen-bond acceptors (Lipinski definition) is 2. The first-order valence-corrected chi connectivity index (χ1v) is 6.45. The summed E-state index contributed by atoms with van der Waals surface area (Å²) in [4.78, 5) is 12.1. The molecule has 2 atom stereocenters. The topological polar surface area (TPSA) is 55.1 Å². The number of hydrogen-bond donors (Lipinski definition) is 2. The van der Waals surface area contributed by atoms with Crippen molar-refractivity contribution in [2.75, 3.05) is 11.9 Å². The molecule has 0 saturated heterocycles. The predicted octanol–water partition coefficient (Wildman–Crippen LogP) is 2.79. The van der Waals surface area contributed by atoms with Crippen molar-refractivity contribution >= 4 is 23.2 Å². The summed E-state index contributed by atoms with van der Waals surface area (Å²) in [5.41, 5.74) is 5.77. The Balaban J connectivity index is 2.09. The fourth-order valence-corrected chi connectivity index (χ4v) is 2.65. The maximum atomic E-state index is 13.5. The summed E-state index contributed by atoms with van der Waals surface area (Å²) in [5.74, 6) is -0.556. The molecule has 1 amide bonds. The summed E-state index contributed by atoms with van der Waals surface area (Å²) >= 11 is 5.78. The van der Waals surface area contributed by atoms with E-state index in [-0.39, 0.29) is 23.4 Å². The van der Waals surface area contributed by atoms with Gasteiger partial charge in [0.25, 0.3) is 0 Å². The van der Waals surface area contributed by atoms with Crippen molar-refractivity contribution in [3.63, 3.8) is 0 Å². The van der Waals surface area contributed by atoms with Crippen LogP contribution in [0.4, 0.5) is 10.1 Å². The second-order valence-corrected chi connectivity index (χ2v) is 5.08. The van der Waals surface area contributed by atoms with E-state index in [1.807, 2.05) is 0 Å². The number of carbonyl (C=O) groups is 1. The Morgan fingerprint density at radius 1 is 1.50 bits per heavy atom. The number of halogens is 2. The van der Waals surface area contributed by atoms with E-state index in [0.29, 0.717) is 11.6 Å². The van der Waals surface area contributed by atoms with Crippen LogP contribution in [0.5, 0.6) is 0 Å². The molecule has 3 N–H and O–H groups in total. The van der Waals surface area contributed by atoms with E-state index in [2.05, 4.69) is 5.32 Å². The predicted molar refractivity (Wildman–Crippen MR) is 69.9 cm³/mol. The molecule has 18 heavy (non-hydrogen) atoms. The van der Waals surface area contributed by atoms with Crippen LogP contribution in [-0.2, 0) is 4.79 Å². The van der Waals surface area contributed by atoms with Gasteiger partial charge in [-0.2, -0.15) is 0 Å². The van der Waals surface area contributed by atoms with Crippen LogP contribution in [0, 0.1) is 17.7 Å². The molecule has 3 nitrogen and oxygen atoms in total. The standard InChI is InChI=1S/C13H16ClFN2O/c14-9-4-5-11(15)12(6-9)17-13(18)10-3-1-2-8(10)7-16/h4-6,8,10H,1-3,7,16H2,(H,17,18). The minimum Gasteiger partial charge on any atom is -0.330 e. The van der Waals surface area contributed by atoms with Crippen LogP contribution in [0.25, 0.3) is 0 Å². The second kappa shape index (κ2) is 5.67. The van der Waals surface area contributed by atoms with E-state index in [1.54, 1.807) is 0 Å². The Morgan fingerprint density at radius 3 is 3.00 bits per heavy atom. The number of amides is 1. The third kappa shape index (κ3) is 2.82. The summed E-state index contributed by atoms with van der Waals surface area (Å²) in [6.45, 7) is 0.496. The van der Waals surface area contributed by atoms with Gasteiger partial charge in [0.2, 0.25) is 5.91 Å². The molecule has 0 heterocycles. The quantitative estimate of drug-likeness (QED) is 0.887. The summed E-state index contributed by atoms with van der Waals surface area (Å²) in [5, 5.41) is 3.00.